The summed E-state index contributed by atoms with van der Waals surface area (Å²) in [4.78, 5) is 36.3. The molecule has 0 radical (unpaired) electrons. The maximum atomic E-state index is 11.6. The van der Waals surface area contributed by atoms with Crippen molar-refractivity contribution in [3.63, 3.8) is 0 Å². The van der Waals surface area contributed by atoms with Crippen molar-refractivity contribution >= 4 is 45.3 Å². The molecule has 7 nitrogen and oxygen atoms in total. The molecule has 0 amide bonds. The van der Waals surface area contributed by atoms with Crippen LogP contribution in [0.15, 0.2) is 16.7 Å². The largest absolute Gasteiger partial charge is 0.473 e. The molecule has 2 saturated heterocycles. The number of fused-ring (bicyclic) bond motifs is 2. The Morgan fingerprint density at radius 3 is 2.29 bits per heavy atom. The Balaban J connectivity index is 0.000000301. The van der Waals surface area contributed by atoms with Crippen molar-refractivity contribution < 1.29 is 24.6 Å². The van der Waals surface area contributed by atoms with E-state index < -0.39 is 11.9 Å². The minimum absolute atomic E-state index is 0.422. The van der Waals surface area contributed by atoms with Crippen LogP contribution in [-0.4, -0.2) is 49.9 Å². The van der Waals surface area contributed by atoms with E-state index in [1.54, 1.807) is 6.20 Å². The van der Waals surface area contributed by atoms with E-state index in [1.807, 2.05) is 6.07 Å². The SMILES string of the molecule is O=C(O)C(=O)O.O=C1C[C@H]2CC[C@@H](C1)N2Cc1cc(Cl)ncc1Br. The van der Waals surface area contributed by atoms with Crippen LogP contribution in [0.2, 0.25) is 5.15 Å². The molecule has 1 aromatic heterocycles. The molecule has 0 unspecified atom stereocenters. The third-order valence-electron chi connectivity index (χ3n) is 4.13. The van der Waals surface area contributed by atoms with E-state index >= 15 is 0 Å². The number of carboxylic acids is 2. The molecule has 24 heavy (non-hydrogen) atoms. The molecule has 2 atom stereocenters. The highest BCUT2D eigenvalue weighted by molar-refractivity contribution is 9.10. The fraction of sp³-hybridized carbons (Fsp3) is 0.467. The molecule has 9 heteroatoms. The number of carbonyl (C=O) groups excluding carboxylic acids is 1. The summed E-state index contributed by atoms with van der Waals surface area (Å²) in [6.45, 7) is 0.853. The number of aliphatic carboxylic acids is 2. The summed E-state index contributed by atoms with van der Waals surface area (Å²) in [5.74, 6) is -3.23. The quantitative estimate of drug-likeness (QED) is 0.559. The van der Waals surface area contributed by atoms with Crippen molar-refractivity contribution in [2.24, 2.45) is 0 Å². The molecule has 0 aromatic carbocycles. The van der Waals surface area contributed by atoms with Crippen molar-refractivity contribution in [3.8, 4) is 0 Å². The molecular formula is C15H16BrClN2O5. The van der Waals surface area contributed by atoms with Crippen LogP contribution in [0.3, 0.4) is 0 Å². The number of ketones is 1. The molecular weight excluding hydrogens is 404 g/mol. The highest BCUT2D eigenvalue weighted by Gasteiger charge is 2.39. The van der Waals surface area contributed by atoms with Crippen molar-refractivity contribution in [3.05, 3.63) is 27.5 Å². The van der Waals surface area contributed by atoms with Gasteiger partial charge in [-0.2, -0.15) is 0 Å². The Morgan fingerprint density at radius 1 is 1.25 bits per heavy atom. The van der Waals surface area contributed by atoms with Crippen LogP contribution < -0.4 is 0 Å². The average molecular weight is 420 g/mol. The average Bonchev–Trinajstić information content (AvgIpc) is 2.74. The Bertz CT molecular complexity index is 641. The second kappa shape index (κ2) is 8.04. The van der Waals surface area contributed by atoms with E-state index in [1.165, 1.54) is 0 Å². The van der Waals surface area contributed by atoms with Crippen LogP contribution in [0.4, 0.5) is 0 Å². The maximum absolute atomic E-state index is 11.6. The lowest BCUT2D eigenvalue weighted by Crippen LogP contribution is -2.42. The molecule has 2 aliphatic rings. The van der Waals surface area contributed by atoms with Gasteiger partial charge in [0.1, 0.15) is 10.9 Å². The molecule has 130 valence electrons. The Kier molecular flexibility index (Phi) is 6.31. The summed E-state index contributed by atoms with van der Waals surface area (Å²) in [6, 6.07) is 2.76. The number of halogens is 2. The van der Waals surface area contributed by atoms with Crippen molar-refractivity contribution in [2.75, 3.05) is 0 Å². The first-order valence-electron chi connectivity index (χ1n) is 7.31. The van der Waals surface area contributed by atoms with Gasteiger partial charge in [0.25, 0.3) is 0 Å². The van der Waals surface area contributed by atoms with E-state index in [0.29, 0.717) is 35.9 Å². The molecule has 3 heterocycles. The third-order valence-corrected chi connectivity index (χ3v) is 5.06. The van der Waals surface area contributed by atoms with Gasteiger partial charge in [-0.3, -0.25) is 9.69 Å². The Labute approximate surface area is 151 Å². The van der Waals surface area contributed by atoms with Crippen LogP contribution in [0, 0.1) is 0 Å². The van der Waals surface area contributed by atoms with Gasteiger partial charge in [0.15, 0.2) is 0 Å². The molecule has 0 spiro atoms. The molecule has 3 rings (SSSR count). The normalized spacial score (nSPS) is 22.7. The summed E-state index contributed by atoms with van der Waals surface area (Å²) in [6.07, 6.45) is 5.47. The number of piperidine rings is 1. The molecule has 2 aliphatic heterocycles. The first kappa shape index (κ1) is 18.8. The van der Waals surface area contributed by atoms with Crippen LogP contribution >= 0.6 is 27.5 Å². The van der Waals surface area contributed by atoms with Gasteiger partial charge in [0, 0.05) is 42.1 Å². The number of aromatic nitrogens is 1. The second-order valence-corrected chi connectivity index (χ2v) is 6.95. The number of Topliss-reactive ketones (excluding diaryl/α,β-unsaturated/α-hetero) is 1. The van der Waals surface area contributed by atoms with Crippen molar-refractivity contribution in [1.82, 2.24) is 9.88 Å². The molecule has 0 saturated carbocycles. The number of rotatable bonds is 2. The Hall–Kier alpha value is -1.51. The molecule has 1 aromatic rings. The first-order chi connectivity index (χ1) is 11.3. The second-order valence-electron chi connectivity index (χ2n) is 5.71. The first-order valence-corrected chi connectivity index (χ1v) is 8.48. The zero-order chi connectivity index (χ0) is 17.9. The van der Waals surface area contributed by atoms with Crippen LogP contribution in [0.25, 0.3) is 0 Å². The Morgan fingerprint density at radius 2 is 1.79 bits per heavy atom. The fourth-order valence-electron chi connectivity index (χ4n) is 3.09. The van der Waals surface area contributed by atoms with Gasteiger partial charge in [0.05, 0.1) is 0 Å². The van der Waals surface area contributed by atoms with E-state index in [4.69, 9.17) is 31.4 Å². The topological polar surface area (TPSA) is 108 Å². The number of hydrogen-bond acceptors (Lipinski definition) is 5. The van der Waals surface area contributed by atoms with Gasteiger partial charge in [-0.1, -0.05) is 11.6 Å². The van der Waals surface area contributed by atoms with Gasteiger partial charge >= 0.3 is 11.9 Å². The van der Waals surface area contributed by atoms with Gasteiger partial charge in [-0.25, -0.2) is 14.6 Å². The summed E-state index contributed by atoms with van der Waals surface area (Å²) >= 11 is 9.46. The highest BCUT2D eigenvalue weighted by atomic mass is 79.9. The van der Waals surface area contributed by atoms with E-state index in [2.05, 4.69) is 25.8 Å². The highest BCUT2D eigenvalue weighted by Crippen LogP contribution is 2.36. The number of hydrogen-bond donors (Lipinski definition) is 2. The minimum atomic E-state index is -1.82. The van der Waals surface area contributed by atoms with E-state index in [-0.39, 0.29) is 0 Å². The molecule has 0 aliphatic carbocycles. The minimum Gasteiger partial charge on any atom is -0.473 e. The number of nitrogens with zero attached hydrogens (tertiary/aromatic N) is 2. The summed E-state index contributed by atoms with van der Waals surface area (Å²) in [5, 5.41) is 15.3. The molecule has 2 fully saturated rings. The standard InChI is InChI=1S/C13H14BrClN2O.C2H2O4/c14-12-6-16-13(15)3-8(12)7-17-9-1-2-10(17)5-11(18)4-9;3-1(4)2(5)6/h3,6,9-10H,1-2,4-5,7H2;(H,3,4)(H,5,6)/t9-,10+;. The van der Waals surface area contributed by atoms with E-state index in [9.17, 15) is 4.79 Å². The monoisotopic (exact) mass is 418 g/mol. The number of pyridine rings is 1. The lowest BCUT2D eigenvalue weighted by Gasteiger charge is -2.34. The predicted molar refractivity (Wildman–Crippen MR) is 88.8 cm³/mol. The van der Waals surface area contributed by atoms with Gasteiger partial charge in [0.2, 0.25) is 0 Å². The maximum Gasteiger partial charge on any atom is 0.414 e. The van der Waals surface area contributed by atoms with Gasteiger partial charge in [-0.15, -0.1) is 0 Å². The summed E-state index contributed by atoms with van der Waals surface area (Å²) in [7, 11) is 0. The molecule has 2 bridgehead atoms. The zero-order valence-electron chi connectivity index (χ0n) is 12.6. The van der Waals surface area contributed by atoms with Crippen LogP contribution in [0.1, 0.15) is 31.2 Å². The number of carbonyl (C=O) groups is 3. The van der Waals surface area contributed by atoms with Crippen LogP contribution in [0.5, 0.6) is 0 Å². The lowest BCUT2D eigenvalue weighted by molar-refractivity contribution is -0.159. The van der Waals surface area contributed by atoms with Crippen molar-refractivity contribution in [1.29, 1.82) is 0 Å². The summed E-state index contributed by atoms with van der Waals surface area (Å²) in [5.41, 5.74) is 1.15. The smallest absolute Gasteiger partial charge is 0.414 e. The van der Waals surface area contributed by atoms with Crippen LogP contribution in [-0.2, 0) is 20.9 Å². The predicted octanol–water partition coefficient (Wildman–Crippen LogP) is 2.35. The third kappa shape index (κ3) is 4.75. The van der Waals surface area contributed by atoms with E-state index in [0.717, 1.165) is 29.4 Å². The number of carboxylic acid groups (broad SMARTS) is 2. The zero-order valence-corrected chi connectivity index (χ0v) is 15.0. The van der Waals surface area contributed by atoms with Gasteiger partial charge < -0.3 is 10.2 Å². The van der Waals surface area contributed by atoms with Gasteiger partial charge in [-0.05, 0) is 40.4 Å². The van der Waals surface area contributed by atoms with Crippen molar-refractivity contribution in [2.45, 2.75) is 44.3 Å². The lowest BCUT2D eigenvalue weighted by atomic mass is 10.0. The summed E-state index contributed by atoms with van der Waals surface area (Å²) < 4.78 is 0.989. The fourth-order valence-corrected chi connectivity index (χ4v) is 3.61. The molecule has 2 N–H and O–H groups in total.